The number of carbonyl (C=O) groups is 2. The van der Waals surface area contributed by atoms with Crippen LogP contribution in [0.15, 0.2) is 65.6 Å². The topological polar surface area (TPSA) is 118 Å². The largest absolute Gasteiger partial charge is 0.274 e. The van der Waals surface area contributed by atoms with Gasteiger partial charge in [0.05, 0.1) is 16.4 Å². The number of nitrogens with zero attached hydrogens (tertiary/aromatic N) is 1. The molecule has 3 aromatic rings. The molecule has 176 valence electrons. The molecule has 2 heterocycles. The minimum Gasteiger partial charge on any atom is -0.274 e. The molecule has 0 aliphatic carbocycles. The Morgan fingerprint density at radius 1 is 0.912 bits per heavy atom. The van der Waals surface area contributed by atoms with Crippen molar-refractivity contribution < 1.29 is 26.4 Å². The Morgan fingerprint density at radius 2 is 1.53 bits per heavy atom. The summed E-state index contributed by atoms with van der Waals surface area (Å²) in [7, 11) is -7.05. The molecule has 8 nitrogen and oxygen atoms in total. The molecule has 2 amide bonds. The average Bonchev–Trinajstić information content (AvgIpc) is 3.15. The maximum atomic E-state index is 13.0. The molecular weight excluding hydrogens is 476 g/mol. The summed E-state index contributed by atoms with van der Waals surface area (Å²) in [6.07, 6.45) is 0.624. The summed E-state index contributed by atoms with van der Waals surface area (Å²) in [4.78, 5) is 27.3. The molecule has 10 heteroatoms. The maximum Gasteiger partial charge on any atom is 0.261 e. The summed E-state index contributed by atoms with van der Waals surface area (Å²) in [5, 5.41) is 1.52. The Balaban J connectivity index is 1.29. The Morgan fingerprint density at radius 3 is 2.09 bits per heavy atom. The number of nitrogens with one attached hydrogen (secondary N) is 1. The summed E-state index contributed by atoms with van der Waals surface area (Å²) in [5.74, 6) is -0.904. The fourth-order valence-electron chi connectivity index (χ4n) is 4.54. The molecule has 1 saturated heterocycles. The molecule has 1 N–H and O–H groups in total. The minimum atomic E-state index is -3.85. The summed E-state index contributed by atoms with van der Waals surface area (Å²) in [5.41, 5.74) is 1.75. The van der Waals surface area contributed by atoms with E-state index in [0.717, 1.165) is 10.9 Å². The van der Waals surface area contributed by atoms with E-state index >= 15 is 0 Å². The van der Waals surface area contributed by atoms with Crippen molar-refractivity contribution in [3.8, 4) is 0 Å². The van der Waals surface area contributed by atoms with E-state index < -0.39 is 25.9 Å². The smallest absolute Gasteiger partial charge is 0.261 e. The Labute approximate surface area is 197 Å². The van der Waals surface area contributed by atoms with Crippen molar-refractivity contribution in [2.75, 3.05) is 18.1 Å². The zero-order valence-electron chi connectivity index (χ0n) is 18.1. The second-order valence-electron chi connectivity index (χ2n) is 8.59. The molecule has 0 saturated carbocycles. The third kappa shape index (κ3) is 4.13. The molecule has 0 spiro atoms. The fourth-order valence-corrected chi connectivity index (χ4v) is 7.58. The zero-order chi connectivity index (χ0) is 24.1. The summed E-state index contributed by atoms with van der Waals surface area (Å²) < 4.78 is 50.8. The SMILES string of the molecule is O=C1c2cccc3cccc(c23)C(=O)N1CCc1ccc(S(=O)(=O)N[C@@H]2CCS(=O)(=O)C2)cc1. The Kier molecular flexibility index (Phi) is 5.54. The first-order chi connectivity index (χ1) is 16.1. The number of sulfone groups is 1. The standard InChI is InChI=1S/C24H22N2O6S2/c27-23-20-5-1-3-17-4-2-6-21(22(17)20)24(28)26(23)13-11-16-7-9-19(10-8-16)34(31,32)25-18-12-14-33(29,30)15-18/h1-10,18,25H,11-15H2/t18-/m1/s1. The van der Waals surface area contributed by atoms with Gasteiger partial charge in [0.2, 0.25) is 10.0 Å². The number of carbonyl (C=O) groups excluding carboxylic acids is 2. The lowest BCUT2D eigenvalue weighted by Gasteiger charge is -2.27. The normalized spacial score (nSPS) is 19.6. The lowest BCUT2D eigenvalue weighted by molar-refractivity contribution is 0.0612. The number of amides is 2. The van der Waals surface area contributed by atoms with Gasteiger partial charge in [-0.15, -0.1) is 0 Å². The van der Waals surface area contributed by atoms with Crippen LogP contribution in [0.4, 0.5) is 0 Å². The summed E-state index contributed by atoms with van der Waals surface area (Å²) in [6.45, 7) is 0.159. The highest BCUT2D eigenvalue weighted by Crippen LogP contribution is 2.30. The van der Waals surface area contributed by atoms with E-state index in [1.807, 2.05) is 12.1 Å². The van der Waals surface area contributed by atoms with Gasteiger partial charge < -0.3 is 0 Å². The van der Waals surface area contributed by atoms with Crippen LogP contribution in [-0.2, 0) is 26.3 Å². The predicted octanol–water partition coefficient (Wildman–Crippen LogP) is 2.14. The quantitative estimate of drug-likeness (QED) is 0.521. The number of benzene rings is 3. The van der Waals surface area contributed by atoms with E-state index in [2.05, 4.69) is 4.72 Å². The molecule has 3 aromatic carbocycles. The van der Waals surface area contributed by atoms with Gasteiger partial charge in [-0.2, -0.15) is 0 Å². The van der Waals surface area contributed by atoms with E-state index in [-0.39, 0.29) is 41.2 Å². The molecule has 0 aromatic heterocycles. The maximum absolute atomic E-state index is 13.0. The highest BCUT2D eigenvalue weighted by atomic mass is 32.2. The van der Waals surface area contributed by atoms with E-state index in [1.54, 1.807) is 36.4 Å². The molecule has 0 bridgehead atoms. The average molecular weight is 499 g/mol. The van der Waals surface area contributed by atoms with Crippen molar-refractivity contribution in [2.45, 2.75) is 23.8 Å². The zero-order valence-corrected chi connectivity index (χ0v) is 19.7. The Bertz CT molecular complexity index is 1480. The van der Waals surface area contributed by atoms with Gasteiger partial charge in [0.15, 0.2) is 9.84 Å². The van der Waals surface area contributed by atoms with E-state index in [1.165, 1.54) is 17.0 Å². The number of rotatable bonds is 6. The molecule has 5 rings (SSSR count). The third-order valence-corrected chi connectivity index (χ3v) is 9.57. The number of imide groups is 1. The van der Waals surface area contributed by atoms with Gasteiger partial charge >= 0.3 is 0 Å². The van der Waals surface area contributed by atoms with Crippen LogP contribution in [0.3, 0.4) is 0 Å². The predicted molar refractivity (Wildman–Crippen MR) is 127 cm³/mol. The lowest BCUT2D eigenvalue weighted by Crippen LogP contribution is -2.41. The van der Waals surface area contributed by atoms with Crippen molar-refractivity contribution >= 4 is 42.4 Å². The van der Waals surface area contributed by atoms with Crippen molar-refractivity contribution in [1.82, 2.24) is 9.62 Å². The minimum absolute atomic E-state index is 0.0218. The number of hydrogen-bond donors (Lipinski definition) is 1. The van der Waals surface area contributed by atoms with Crippen LogP contribution < -0.4 is 4.72 Å². The first kappa shape index (κ1) is 22.7. The van der Waals surface area contributed by atoms with Crippen molar-refractivity contribution in [2.24, 2.45) is 0 Å². The van der Waals surface area contributed by atoms with Crippen molar-refractivity contribution in [3.63, 3.8) is 0 Å². The van der Waals surface area contributed by atoms with Crippen molar-refractivity contribution in [3.05, 3.63) is 77.4 Å². The molecule has 0 radical (unpaired) electrons. The molecule has 0 unspecified atom stereocenters. The van der Waals surface area contributed by atoms with Crippen LogP contribution in [0.25, 0.3) is 10.8 Å². The van der Waals surface area contributed by atoms with Gasteiger partial charge in [-0.3, -0.25) is 14.5 Å². The van der Waals surface area contributed by atoms with Crippen LogP contribution >= 0.6 is 0 Å². The second kappa shape index (κ2) is 8.30. The molecule has 2 aliphatic rings. The van der Waals surface area contributed by atoms with Crippen molar-refractivity contribution in [1.29, 1.82) is 0 Å². The van der Waals surface area contributed by atoms with Crippen LogP contribution in [0.1, 0.15) is 32.7 Å². The van der Waals surface area contributed by atoms with E-state index in [9.17, 15) is 26.4 Å². The fraction of sp³-hybridized carbons (Fsp3) is 0.250. The van der Waals surface area contributed by atoms with Crippen LogP contribution in [0, 0.1) is 0 Å². The second-order valence-corrected chi connectivity index (χ2v) is 12.5. The van der Waals surface area contributed by atoms with Gasteiger partial charge in [0.25, 0.3) is 11.8 Å². The first-order valence-electron chi connectivity index (χ1n) is 10.8. The lowest BCUT2D eigenvalue weighted by atomic mass is 9.94. The van der Waals surface area contributed by atoms with Crippen LogP contribution in [0.5, 0.6) is 0 Å². The van der Waals surface area contributed by atoms with E-state index in [4.69, 9.17) is 0 Å². The van der Waals surface area contributed by atoms with Gasteiger partial charge in [-0.25, -0.2) is 21.6 Å². The molecular formula is C24H22N2O6S2. The highest BCUT2D eigenvalue weighted by molar-refractivity contribution is 7.92. The van der Waals surface area contributed by atoms with Gasteiger partial charge in [-0.05, 0) is 48.1 Å². The van der Waals surface area contributed by atoms with Crippen LogP contribution in [0.2, 0.25) is 0 Å². The summed E-state index contributed by atoms with van der Waals surface area (Å²) >= 11 is 0. The monoisotopic (exact) mass is 498 g/mol. The first-order valence-corrected chi connectivity index (χ1v) is 14.1. The van der Waals surface area contributed by atoms with Gasteiger partial charge in [0.1, 0.15) is 0 Å². The highest BCUT2D eigenvalue weighted by Gasteiger charge is 2.33. The number of sulfonamides is 1. The molecule has 1 atom stereocenters. The van der Waals surface area contributed by atoms with Gasteiger partial charge in [0, 0.05) is 29.1 Å². The number of hydrogen-bond acceptors (Lipinski definition) is 6. The summed E-state index contributed by atoms with van der Waals surface area (Å²) in [6, 6.07) is 16.3. The van der Waals surface area contributed by atoms with Crippen LogP contribution in [-0.4, -0.2) is 57.6 Å². The molecule has 1 fully saturated rings. The van der Waals surface area contributed by atoms with E-state index in [0.29, 0.717) is 22.9 Å². The van der Waals surface area contributed by atoms with Gasteiger partial charge in [-0.1, -0.05) is 36.4 Å². The Hall–Kier alpha value is -3.08. The molecule has 2 aliphatic heterocycles. The molecule has 34 heavy (non-hydrogen) atoms. The third-order valence-electron chi connectivity index (χ3n) is 6.27.